The minimum absolute atomic E-state index is 0.00257. The number of H-pyrrole nitrogens is 1. The lowest BCUT2D eigenvalue weighted by atomic mass is 9.97. The van der Waals surface area contributed by atoms with Crippen LogP contribution in [0.15, 0.2) is 36.7 Å². The predicted molar refractivity (Wildman–Crippen MR) is 107 cm³/mol. The van der Waals surface area contributed by atoms with Crippen molar-refractivity contribution < 1.29 is 4.79 Å². The number of amides is 1. The summed E-state index contributed by atoms with van der Waals surface area (Å²) in [5, 5.41) is 3.28. The van der Waals surface area contributed by atoms with Crippen molar-refractivity contribution in [3.8, 4) is 11.4 Å². The quantitative estimate of drug-likeness (QED) is 0.871. The first-order valence-electron chi connectivity index (χ1n) is 10.0. The van der Waals surface area contributed by atoms with E-state index in [0.717, 1.165) is 37.3 Å². The van der Waals surface area contributed by atoms with Crippen LogP contribution >= 0.6 is 0 Å². The topological polar surface area (TPSA) is 64.3 Å². The molecule has 3 heterocycles. The Kier molecular flexibility index (Phi) is 5.55. The van der Waals surface area contributed by atoms with Crippen molar-refractivity contribution in [2.45, 2.75) is 37.8 Å². The van der Waals surface area contributed by atoms with Crippen molar-refractivity contribution in [1.29, 1.82) is 0 Å². The number of aromatic amines is 1. The highest BCUT2D eigenvalue weighted by Crippen LogP contribution is 2.23. The summed E-state index contributed by atoms with van der Waals surface area (Å²) in [6.45, 7) is 4.47. The summed E-state index contributed by atoms with van der Waals surface area (Å²) < 4.78 is 0. The molecule has 1 amide bonds. The number of hydrogen-bond acceptors (Lipinski definition) is 4. The summed E-state index contributed by atoms with van der Waals surface area (Å²) in [5.74, 6) is 0.731. The maximum atomic E-state index is 13.0. The van der Waals surface area contributed by atoms with E-state index in [1.54, 1.807) is 12.4 Å². The molecule has 144 valence electrons. The Hall–Kier alpha value is -2.18. The molecule has 6 nitrogen and oxygen atoms in total. The van der Waals surface area contributed by atoms with Crippen LogP contribution in [0, 0.1) is 0 Å². The largest absolute Gasteiger partial charge is 0.348 e. The van der Waals surface area contributed by atoms with Gasteiger partial charge in [-0.1, -0.05) is 18.2 Å². The molecule has 2 aliphatic heterocycles. The zero-order valence-corrected chi connectivity index (χ0v) is 16.0. The van der Waals surface area contributed by atoms with Crippen molar-refractivity contribution >= 4 is 5.91 Å². The van der Waals surface area contributed by atoms with E-state index >= 15 is 0 Å². The summed E-state index contributed by atoms with van der Waals surface area (Å²) >= 11 is 0. The van der Waals surface area contributed by atoms with Crippen molar-refractivity contribution in [2.24, 2.45) is 0 Å². The molecule has 27 heavy (non-hydrogen) atoms. The van der Waals surface area contributed by atoms with Gasteiger partial charge in [-0.05, 0) is 58.4 Å². The average Bonchev–Trinajstić information content (AvgIpc) is 3.23. The molecular weight excluding hydrogens is 338 g/mol. The molecule has 1 atom stereocenters. The summed E-state index contributed by atoms with van der Waals surface area (Å²) in [6, 6.07) is 8.56. The molecule has 0 radical (unpaired) electrons. The molecule has 0 aliphatic carbocycles. The minimum atomic E-state index is -0.00257. The fourth-order valence-electron chi connectivity index (χ4n) is 4.38. The van der Waals surface area contributed by atoms with Crippen LogP contribution in [0.25, 0.3) is 11.4 Å². The van der Waals surface area contributed by atoms with E-state index < -0.39 is 0 Å². The number of likely N-dealkylation sites (tertiary alicyclic amines) is 2. The first-order valence-corrected chi connectivity index (χ1v) is 10.0. The number of carbonyl (C=O) groups is 1. The Morgan fingerprint density at radius 2 is 2.00 bits per heavy atom. The predicted octanol–water partition coefficient (Wildman–Crippen LogP) is 2.37. The van der Waals surface area contributed by atoms with Crippen molar-refractivity contribution in [3.63, 3.8) is 0 Å². The van der Waals surface area contributed by atoms with Crippen molar-refractivity contribution in [1.82, 2.24) is 25.1 Å². The van der Waals surface area contributed by atoms with Crippen LogP contribution < -0.4 is 5.32 Å². The Morgan fingerprint density at radius 1 is 1.19 bits per heavy atom. The number of benzene rings is 1. The van der Waals surface area contributed by atoms with Gasteiger partial charge in [-0.25, -0.2) is 4.98 Å². The highest BCUT2D eigenvalue weighted by molar-refractivity contribution is 6.00. The van der Waals surface area contributed by atoms with Crippen LogP contribution in [0.5, 0.6) is 0 Å². The number of piperidine rings is 2. The Bertz CT molecular complexity index is 752. The van der Waals surface area contributed by atoms with Crippen LogP contribution in [0.2, 0.25) is 0 Å². The summed E-state index contributed by atoms with van der Waals surface area (Å²) in [7, 11) is 2.20. The van der Waals surface area contributed by atoms with E-state index in [0.29, 0.717) is 11.6 Å². The second-order valence-corrected chi connectivity index (χ2v) is 7.83. The van der Waals surface area contributed by atoms with E-state index in [4.69, 9.17) is 0 Å². The third-order valence-electron chi connectivity index (χ3n) is 5.92. The maximum Gasteiger partial charge on any atom is 0.252 e. The molecule has 2 saturated heterocycles. The second-order valence-electron chi connectivity index (χ2n) is 7.83. The molecule has 0 spiro atoms. The van der Waals surface area contributed by atoms with Crippen LogP contribution in [0.3, 0.4) is 0 Å². The van der Waals surface area contributed by atoms with Gasteiger partial charge < -0.3 is 15.2 Å². The number of rotatable bonds is 4. The molecule has 4 rings (SSSR count). The standard InChI is InChI=1S/C21H29N5O/c1-25-13-8-17(9-14-25)26-12-4-5-16(15-26)24-21(27)19-7-3-2-6-18(19)20-22-10-11-23-20/h2-3,6-7,10-11,16-17H,4-5,8-9,12-15H2,1H3,(H,22,23)(H,24,27). The minimum Gasteiger partial charge on any atom is -0.348 e. The lowest BCUT2D eigenvalue weighted by Gasteiger charge is -2.41. The molecule has 2 aliphatic rings. The average molecular weight is 367 g/mol. The van der Waals surface area contributed by atoms with Gasteiger partial charge in [-0.3, -0.25) is 9.69 Å². The van der Waals surface area contributed by atoms with Crippen LogP contribution in [0.1, 0.15) is 36.0 Å². The SMILES string of the molecule is CN1CCC(N2CCCC(NC(=O)c3ccccc3-c3ncc[nH]3)C2)CC1. The Balaban J connectivity index is 1.41. The van der Waals surface area contributed by atoms with E-state index in [1.807, 2.05) is 24.3 Å². The van der Waals surface area contributed by atoms with Crippen molar-refractivity contribution in [3.05, 3.63) is 42.2 Å². The molecule has 1 unspecified atom stereocenters. The molecular formula is C21H29N5O. The smallest absolute Gasteiger partial charge is 0.252 e. The highest BCUT2D eigenvalue weighted by atomic mass is 16.1. The number of carbonyl (C=O) groups excluding carboxylic acids is 1. The zero-order valence-electron chi connectivity index (χ0n) is 16.0. The van der Waals surface area contributed by atoms with E-state index in [-0.39, 0.29) is 11.9 Å². The van der Waals surface area contributed by atoms with Gasteiger partial charge in [0.05, 0.1) is 5.56 Å². The van der Waals surface area contributed by atoms with Crippen LogP contribution in [-0.4, -0.2) is 71.0 Å². The van der Waals surface area contributed by atoms with Crippen LogP contribution in [-0.2, 0) is 0 Å². The fraction of sp³-hybridized carbons (Fsp3) is 0.524. The number of nitrogens with one attached hydrogen (secondary N) is 2. The highest BCUT2D eigenvalue weighted by Gasteiger charge is 2.29. The van der Waals surface area contributed by atoms with E-state index in [2.05, 4.69) is 32.1 Å². The number of aromatic nitrogens is 2. The summed E-state index contributed by atoms with van der Waals surface area (Å²) in [5.41, 5.74) is 1.53. The Morgan fingerprint density at radius 3 is 2.78 bits per heavy atom. The molecule has 6 heteroatoms. The molecule has 0 bridgehead atoms. The number of imidazole rings is 1. The van der Waals surface area contributed by atoms with Gasteiger partial charge in [-0.15, -0.1) is 0 Å². The van der Waals surface area contributed by atoms with E-state index in [1.165, 1.54) is 25.9 Å². The van der Waals surface area contributed by atoms with Crippen molar-refractivity contribution in [2.75, 3.05) is 33.2 Å². The molecule has 0 saturated carbocycles. The summed E-state index contributed by atoms with van der Waals surface area (Å²) in [6.07, 6.45) is 8.17. The number of nitrogens with zero attached hydrogens (tertiary/aromatic N) is 3. The second kappa shape index (κ2) is 8.23. The van der Waals surface area contributed by atoms with Gasteiger partial charge in [0.25, 0.3) is 5.91 Å². The Labute approximate surface area is 161 Å². The van der Waals surface area contributed by atoms with E-state index in [9.17, 15) is 4.79 Å². The van der Waals surface area contributed by atoms with Gasteiger partial charge in [0.1, 0.15) is 5.82 Å². The molecule has 2 aromatic rings. The zero-order chi connectivity index (χ0) is 18.6. The van der Waals surface area contributed by atoms with Gasteiger partial charge >= 0.3 is 0 Å². The van der Waals surface area contributed by atoms with Gasteiger partial charge in [0.2, 0.25) is 0 Å². The molecule has 1 aromatic heterocycles. The maximum absolute atomic E-state index is 13.0. The van der Waals surface area contributed by atoms with Gasteiger partial charge in [-0.2, -0.15) is 0 Å². The summed E-state index contributed by atoms with van der Waals surface area (Å²) in [4.78, 5) is 25.4. The van der Waals surface area contributed by atoms with Crippen LogP contribution in [0.4, 0.5) is 0 Å². The molecule has 2 N–H and O–H groups in total. The lowest BCUT2D eigenvalue weighted by molar-refractivity contribution is 0.0766. The van der Waals surface area contributed by atoms with Gasteiger partial charge in [0.15, 0.2) is 0 Å². The first-order chi connectivity index (χ1) is 13.2. The number of hydrogen-bond donors (Lipinski definition) is 2. The fourth-order valence-corrected chi connectivity index (χ4v) is 4.38. The normalized spacial score (nSPS) is 22.6. The lowest BCUT2D eigenvalue weighted by Crippen LogP contribution is -2.53. The molecule has 2 fully saturated rings. The third kappa shape index (κ3) is 4.22. The molecule has 1 aromatic carbocycles. The monoisotopic (exact) mass is 367 g/mol. The van der Waals surface area contributed by atoms with Gasteiger partial charge in [0, 0.05) is 36.6 Å². The first kappa shape index (κ1) is 18.2. The third-order valence-corrected chi connectivity index (χ3v) is 5.92.